The van der Waals surface area contributed by atoms with E-state index in [0.29, 0.717) is 6.04 Å². The average Bonchev–Trinajstić information content (AvgIpc) is 2.70. The van der Waals surface area contributed by atoms with Gasteiger partial charge in [-0.25, -0.2) is 0 Å². The molecule has 0 spiro atoms. The van der Waals surface area contributed by atoms with Crippen molar-refractivity contribution >= 4 is 0 Å². The monoisotopic (exact) mass is 341 g/mol. The normalized spacial score (nSPS) is 36.1. The van der Waals surface area contributed by atoms with Gasteiger partial charge >= 0.3 is 0 Å². The van der Waals surface area contributed by atoms with Gasteiger partial charge < -0.3 is 20.6 Å². The predicted octanol–water partition coefficient (Wildman–Crippen LogP) is 2.25. The second-order valence-electron chi connectivity index (χ2n) is 7.86. The second kappa shape index (κ2) is 7.48. The third kappa shape index (κ3) is 3.76. The van der Waals surface area contributed by atoms with Crippen LogP contribution in [0.3, 0.4) is 0 Å². The smallest absolute Gasteiger partial charge is 0.0814 e. The van der Waals surface area contributed by atoms with Crippen molar-refractivity contribution in [3.05, 3.63) is 47.7 Å². The second-order valence-corrected chi connectivity index (χ2v) is 7.86. The molecule has 4 rings (SSSR count). The van der Waals surface area contributed by atoms with Gasteiger partial charge in [0.25, 0.3) is 0 Å². The Morgan fingerprint density at radius 2 is 2.00 bits per heavy atom. The van der Waals surface area contributed by atoms with Crippen LogP contribution in [0.15, 0.2) is 47.7 Å². The van der Waals surface area contributed by atoms with E-state index in [-0.39, 0.29) is 6.04 Å². The van der Waals surface area contributed by atoms with Crippen LogP contribution in [0.25, 0.3) is 0 Å². The first-order valence-corrected chi connectivity index (χ1v) is 9.90. The molecule has 0 aromatic rings. The van der Waals surface area contributed by atoms with E-state index in [2.05, 4.69) is 52.1 Å². The number of piperazine rings is 1. The summed E-state index contributed by atoms with van der Waals surface area (Å²) < 4.78 is 0. The minimum Gasteiger partial charge on any atom is -0.388 e. The Balaban J connectivity index is 1.31. The minimum absolute atomic E-state index is 0.205. The fourth-order valence-corrected chi connectivity index (χ4v) is 4.67. The molecule has 2 aliphatic heterocycles. The zero-order chi connectivity index (χ0) is 17.1. The molecule has 4 aliphatic rings. The van der Waals surface area contributed by atoms with Crippen LogP contribution < -0.4 is 10.6 Å². The standard InChI is InChI=1S/C21H31N3O/c25-21(20-16-22-12-13-23-20)10-6-19(7-11-21)24-14-8-18(9-15-24)17-4-2-1-3-5-17/h1-2,5,8-9,14,19-20,22-23,25H,3-4,6-7,10-13,15-16H2. The molecule has 1 unspecified atom stereocenters. The third-order valence-corrected chi connectivity index (χ3v) is 6.32. The first kappa shape index (κ1) is 17.1. The summed E-state index contributed by atoms with van der Waals surface area (Å²) in [6, 6.07) is 0.767. The van der Waals surface area contributed by atoms with Crippen molar-refractivity contribution in [3.8, 4) is 0 Å². The number of aliphatic hydroxyl groups is 1. The molecule has 3 N–H and O–H groups in total. The van der Waals surface area contributed by atoms with E-state index in [1.54, 1.807) is 0 Å². The molecule has 2 heterocycles. The van der Waals surface area contributed by atoms with Crippen LogP contribution in [0.2, 0.25) is 0 Å². The maximum atomic E-state index is 11.1. The SMILES string of the molecule is OC1(C2CNCCN2)CCC(N2C=CC(C3=CCC=CC3)=CC2)CC1. The predicted molar refractivity (Wildman–Crippen MR) is 102 cm³/mol. The molecule has 136 valence electrons. The van der Waals surface area contributed by atoms with E-state index >= 15 is 0 Å². The Bertz CT molecular complexity index is 590. The van der Waals surface area contributed by atoms with Crippen molar-refractivity contribution in [2.75, 3.05) is 26.2 Å². The fraction of sp³-hybridized carbons (Fsp3) is 0.619. The van der Waals surface area contributed by atoms with Crippen LogP contribution in [0, 0.1) is 0 Å². The number of hydrogen-bond donors (Lipinski definition) is 3. The molecule has 2 fully saturated rings. The maximum Gasteiger partial charge on any atom is 0.0814 e. The van der Waals surface area contributed by atoms with Crippen LogP contribution in [0.4, 0.5) is 0 Å². The molecule has 0 aromatic carbocycles. The molecule has 0 radical (unpaired) electrons. The zero-order valence-electron chi connectivity index (χ0n) is 15.1. The van der Waals surface area contributed by atoms with Gasteiger partial charge in [-0.3, -0.25) is 0 Å². The summed E-state index contributed by atoms with van der Waals surface area (Å²) in [5.41, 5.74) is 2.32. The van der Waals surface area contributed by atoms with Gasteiger partial charge in [-0.15, -0.1) is 0 Å². The molecular weight excluding hydrogens is 310 g/mol. The Kier molecular flexibility index (Phi) is 5.11. The number of nitrogens with one attached hydrogen (secondary N) is 2. The number of hydrogen-bond acceptors (Lipinski definition) is 4. The summed E-state index contributed by atoms with van der Waals surface area (Å²) in [6.07, 6.45) is 19.9. The minimum atomic E-state index is -0.538. The summed E-state index contributed by atoms with van der Waals surface area (Å²) >= 11 is 0. The van der Waals surface area contributed by atoms with Gasteiger partial charge in [0.1, 0.15) is 0 Å². The first-order valence-electron chi connectivity index (χ1n) is 9.90. The highest BCUT2D eigenvalue weighted by atomic mass is 16.3. The Labute approximate surface area is 151 Å². The molecule has 4 heteroatoms. The molecule has 1 saturated carbocycles. The van der Waals surface area contributed by atoms with E-state index in [1.807, 2.05) is 0 Å². The van der Waals surface area contributed by atoms with Crippen molar-refractivity contribution in [2.45, 2.75) is 56.2 Å². The largest absolute Gasteiger partial charge is 0.388 e. The lowest BCUT2D eigenvalue weighted by molar-refractivity contribution is -0.0468. The van der Waals surface area contributed by atoms with E-state index in [1.165, 1.54) is 11.1 Å². The molecule has 1 atom stereocenters. The van der Waals surface area contributed by atoms with Crippen molar-refractivity contribution in [2.24, 2.45) is 0 Å². The van der Waals surface area contributed by atoms with E-state index in [9.17, 15) is 5.11 Å². The topological polar surface area (TPSA) is 47.5 Å². The lowest BCUT2D eigenvalue weighted by Gasteiger charge is -2.46. The van der Waals surface area contributed by atoms with Crippen LogP contribution in [0.5, 0.6) is 0 Å². The van der Waals surface area contributed by atoms with Crippen molar-refractivity contribution in [1.82, 2.24) is 15.5 Å². The van der Waals surface area contributed by atoms with Gasteiger partial charge in [0.05, 0.1) is 5.60 Å². The Hall–Kier alpha value is -1.36. The fourth-order valence-electron chi connectivity index (χ4n) is 4.67. The average molecular weight is 341 g/mol. The van der Waals surface area contributed by atoms with Gasteiger partial charge in [0.2, 0.25) is 0 Å². The first-order chi connectivity index (χ1) is 12.2. The van der Waals surface area contributed by atoms with E-state index < -0.39 is 5.60 Å². The molecule has 0 aromatic heterocycles. The molecule has 0 bridgehead atoms. The number of rotatable bonds is 3. The number of nitrogens with zero attached hydrogens (tertiary/aromatic N) is 1. The van der Waals surface area contributed by atoms with Crippen LogP contribution in [0.1, 0.15) is 38.5 Å². The molecule has 1 saturated heterocycles. The summed E-state index contributed by atoms with van der Waals surface area (Å²) in [7, 11) is 0. The van der Waals surface area contributed by atoms with Gasteiger partial charge in [-0.1, -0.05) is 24.3 Å². The summed E-state index contributed by atoms with van der Waals surface area (Å²) in [5, 5.41) is 18.0. The zero-order valence-corrected chi connectivity index (χ0v) is 15.1. The summed E-state index contributed by atoms with van der Waals surface area (Å²) in [6.45, 7) is 3.86. The highest BCUT2D eigenvalue weighted by Gasteiger charge is 2.41. The highest BCUT2D eigenvalue weighted by Crippen LogP contribution is 2.35. The van der Waals surface area contributed by atoms with Crippen molar-refractivity contribution in [3.63, 3.8) is 0 Å². The van der Waals surface area contributed by atoms with Crippen molar-refractivity contribution < 1.29 is 5.11 Å². The quantitative estimate of drug-likeness (QED) is 0.689. The summed E-state index contributed by atoms with van der Waals surface area (Å²) in [4.78, 5) is 2.47. The molecule has 4 nitrogen and oxygen atoms in total. The van der Waals surface area contributed by atoms with Crippen molar-refractivity contribution in [1.29, 1.82) is 0 Å². The third-order valence-electron chi connectivity index (χ3n) is 6.32. The van der Waals surface area contributed by atoms with Crippen LogP contribution >= 0.6 is 0 Å². The lowest BCUT2D eigenvalue weighted by atomic mass is 9.76. The van der Waals surface area contributed by atoms with Gasteiger partial charge in [-0.05, 0) is 55.7 Å². The Morgan fingerprint density at radius 1 is 1.12 bits per heavy atom. The van der Waals surface area contributed by atoms with Gasteiger partial charge in [0.15, 0.2) is 0 Å². The maximum absolute atomic E-state index is 11.1. The van der Waals surface area contributed by atoms with Crippen LogP contribution in [-0.2, 0) is 0 Å². The molecular formula is C21H31N3O. The molecule has 0 amide bonds. The van der Waals surface area contributed by atoms with E-state index in [0.717, 1.165) is 64.7 Å². The lowest BCUT2D eigenvalue weighted by Crippen LogP contribution is -2.62. The summed E-state index contributed by atoms with van der Waals surface area (Å²) in [5.74, 6) is 0. The molecule has 2 aliphatic carbocycles. The number of allylic oxidation sites excluding steroid dienone is 6. The van der Waals surface area contributed by atoms with E-state index in [4.69, 9.17) is 0 Å². The molecule has 25 heavy (non-hydrogen) atoms. The van der Waals surface area contributed by atoms with Crippen LogP contribution in [-0.4, -0.2) is 53.9 Å². The highest BCUT2D eigenvalue weighted by molar-refractivity contribution is 5.44. The van der Waals surface area contributed by atoms with Gasteiger partial charge in [-0.2, -0.15) is 0 Å². The Morgan fingerprint density at radius 3 is 2.64 bits per heavy atom. The van der Waals surface area contributed by atoms with Gasteiger partial charge in [0, 0.05) is 44.5 Å².